The van der Waals surface area contributed by atoms with Crippen molar-refractivity contribution < 1.29 is 18.7 Å². The quantitative estimate of drug-likeness (QED) is 0.709. The molecule has 1 heterocycles. The molecule has 7 heteroatoms. The summed E-state index contributed by atoms with van der Waals surface area (Å²) in [6, 6.07) is 7.04. The predicted molar refractivity (Wildman–Crippen MR) is 88.4 cm³/mol. The lowest BCUT2D eigenvalue weighted by molar-refractivity contribution is 0.0886. The number of amides is 1. The molecule has 1 aromatic heterocycles. The van der Waals surface area contributed by atoms with E-state index in [-0.39, 0.29) is 12.5 Å². The van der Waals surface area contributed by atoms with E-state index in [1.807, 2.05) is 6.07 Å². The van der Waals surface area contributed by atoms with Crippen molar-refractivity contribution in [3.8, 4) is 11.5 Å². The fourth-order valence-corrected chi connectivity index (χ4v) is 2.00. The molecule has 0 aliphatic rings. The Morgan fingerprint density at radius 3 is 2.92 bits per heavy atom. The van der Waals surface area contributed by atoms with Crippen LogP contribution in [0.3, 0.4) is 0 Å². The van der Waals surface area contributed by atoms with E-state index in [1.165, 1.54) is 0 Å². The molecule has 0 unspecified atom stereocenters. The molecule has 1 amide bonds. The first kappa shape index (κ1) is 18.1. The van der Waals surface area contributed by atoms with Gasteiger partial charge in [0.1, 0.15) is 6.61 Å². The highest BCUT2D eigenvalue weighted by atomic mass is 16.5. The Hall–Kier alpha value is -2.25. The molecule has 7 nitrogen and oxygen atoms in total. The highest BCUT2D eigenvalue weighted by Gasteiger charge is 2.11. The second kappa shape index (κ2) is 9.14. The smallest absolute Gasteiger partial charge is 0.251 e. The molecule has 2 rings (SSSR count). The van der Waals surface area contributed by atoms with Crippen molar-refractivity contribution in [3.63, 3.8) is 0 Å². The normalized spacial score (nSPS) is 11.0. The molecule has 1 aromatic carbocycles. The van der Waals surface area contributed by atoms with E-state index in [1.54, 1.807) is 25.3 Å². The average molecular weight is 333 g/mol. The number of nitrogens with one attached hydrogen (secondary N) is 1. The summed E-state index contributed by atoms with van der Waals surface area (Å²) in [6.07, 6.45) is 0. The Balaban J connectivity index is 1.92. The van der Waals surface area contributed by atoms with E-state index in [0.717, 1.165) is 0 Å². The largest absolute Gasteiger partial charge is 0.418 e. The van der Waals surface area contributed by atoms with Gasteiger partial charge >= 0.3 is 0 Å². The highest BCUT2D eigenvalue weighted by Crippen LogP contribution is 2.19. The van der Waals surface area contributed by atoms with Crippen LogP contribution in [0.4, 0.5) is 0 Å². The van der Waals surface area contributed by atoms with Gasteiger partial charge < -0.3 is 19.2 Å². The van der Waals surface area contributed by atoms with Crippen LogP contribution in [0.15, 0.2) is 28.7 Å². The Morgan fingerprint density at radius 1 is 1.33 bits per heavy atom. The molecular formula is C17H23N3O4. The SMILES string of the molecule is COCc1nnc(-c2cccc(C(=O)NCCOCC(C)C)c2)o1. The van der Waals surface area contributed by atoms with E-state index in [2.05, 4.69) is 29.4 Å². The highest BCUT2D eigenvalue weighted by molar-refractivity contribution is 5.95. The minimum absolute atomic E-state index is 0.165. The monoisotopic (exact) mass is 333 g/mol. The van der Waals surface area contributed by atoms with Gasteiger partial charge in [-0.3, -0.25) is 4.79 Å². The van der Waals surface area contributed by atoms with Gasteiger partial charge in [-0.1, -0.05) is 19.9 Å². The lowest BCUT2D eigenvalue weighted by Gasteiger charge is -2.08. The predicted octanol–water partition coefficient (Wildman–Crippen LogP) is 2.29. The molecule has 1 N–H and O–H groups in total. The van der Waals surface area contributed by atoms with Crippen LogP contribution in [-0.4, -0.2) is 43.0 Å². The van der Waals surface area contributed by atoms with Crippen molar-refractivity contribution in [3.05, 3.63) is 35.7 Å². The van der Waals surface area contributed by atoms with Gasteiger partial charge in [0.25, 0.3) is 5.91 Å². The van der Waals surface area contributed by atoms with Gasteiger partial charge in [0, 0.05) is 31.4 Å². The van der Waals surface area contributed by atoms with Crippen LogP contribution in [0.25, 0.3) is 11.5 Å². The number of nitrogens with zero attached hydrogens (tertiary/aromatic N) is 2. The van der Waals surface area contributed by atoms with E-state index in [4.69, 9.17) is 13.9 Å². The van der Waals surface area contributed by atoms with E-state index in [0.29, 0.717) is 48.6 Å². The zero-order valence-electron chi connectivity index (χ0n) is 14.2. The van der Waals surface area contributed by atoms with Gasteiger partial charge in [0.2, 0.25) is 11.8 Å². The first-order chi connectivity index (χ1) is 11.6. The molecule has 0 saturated heterocycles. The summed E-state index contributed by atoms with van der Waals surface area (Å²) in [5.74, 6) is 1.07. The second-order valence-electron chi connectivity index (χ2n) is 5.74. The van der Waals surface area contributed by atoms with Gasteiger partial charge in [0.05, 0.1) is 6.61 Å². The van der Waals surface area contributed by atoms with Crippen LogP contribution < -0.4 is 5.32 Å². The maximum atomic E-state index is 12.2. The molecular weight excluding hydrogens is 310 g/mol. The van der Waals surface area contributed by atoms with Crippen LogP contribution in [-0.2, 0) is 16.1 Å². The number of hydrogen-bond acceptors (Lipinski definition) is 6. The number of carbonyl (C=O) groups is 1. The number of methoxy groups -OCH3 is 1. The maximum absolute atomic E-state index is 12.2. The van der Waals surface area contributed by atoms with Crippen molar-refractivity contribution >= 4 is 5.91 Å². The van der Waals surface area contributed by atoms with E-state index in [9.17, 15) is 4.79 Å². The Kier molecular flexibility index (Phi) is 6.89. The lowest BCUT2D eigenvalue weighted by atomic mass is 10.1. The molecule has 0 aliphatic carbocycles. The van der Waals surface area contributed by atoms with Crippen LogP contribution in [0, 0.1) is 5.92 Å². The summed E-state index contributed by atoms with van der Waals surface area (Å²) in [5.41, 5.74) is 1.22. The van der Waals surface area contributed by atoms with Crippen molar-refractivity contribution in [2.24, 2.45) is 5.92 Å². The third-order valence-corrected chi connectivity index (χ3v) is 3.09. The number of ether oxygens (including phenoxy) is 2. The molecule has 0 radical (unpaired) electrons. The zero-order chi connectivity index (χ0) is 17.4. The lowest BCUT2D eigenvalue weighted by Crippen LogP contribution is -2.27. The number of rotatable bonds is 9. The third-order valence-electron chi connectivity index (χ3n) is 3.09. The minimum atomic E-state index is -0.165. The number of aromatic nitrogens is 2. The summed E-state index contributed by atoms with van der Waals surface area (Å²) >= 11 is 0. The van der Waals surface area contributed by atoms with Crippen LogP contribution in [0.2, 0.25) is 0 Å². The summed E-state index contributed by atoms with van der Waals surface area (Å²) < 4.78 is 15.9. The Bertz CT molecular complexity index is 655. The first-order valence-electron chi connectivity index (χ1n) is 7.88. The van der Waals surface area contributed by atoms with Gasteiger partial charge in [0.15, 0.2) is 0 Å². The summed E-state index contributed by atoms with van der Waals surface area (Å²) in [4.78, 5) is 12.2. The van der Waals surface area contributed by atoms with Crippen LogP contribution >= 0.6 is 0 Å². The average Bonchev–Trinajstić information content (AvgIpc) is 3.03. The zero-order valence-corrected chi connectivity index (χ0v) is 14.2. The molecule has 0 atom stereocenters. The molecule has 130 valence electrons. The maximum Gasteiger partial charge on any atom is 0.251 e. The Morgan fingerprint density at radius 2 is 2.17 bits per heavy atom. The summed E-state index contributed by atoms with van der Waals surface area (Å²) in [7, 11) is 1.56. The van der Waals surface area contributed by atoms with Gasteiger partial charge in [-0.2, -0.15) is 0 Å². The van der Waals surface area contributed by atoms with Crippen molar-refractivity contribution in [1.82, 2.24) is 15.5 Å². The number of hydrogen-bond donors (Lipinski definition) is 1. The second-order valence-corrected chi connectivity index (χ2v) is 5.74. The fraction of sp³-hybridized carbons (Fsp3) is 0.471. The molecule has 0 saturated carbocycles. The summed E-state index contributed by atoms with van der Waals surface area (Å²) in [5, 5.41) is 10.7. The summed E-state index contributed by atoms with van der Waals surface area (Å²) in [6.45, 7) is 6.07. The molecule has 0 aliphatic heterocycles. The van der Waals surface area contributed by atoms with Gasteiger partial charge in [-0.25, -0.2) is 0 Å². The molecule has 24 heavy (non-hydrogen) atoms. The van der Waals surface area contributed by atoms with Crippen LogP contribution in [0.1, 0.15) is 30.1 Å². The fourth-order valence-electron chi connectivity index (χ4n) is 2.00. The molecule has 2 aromatic rings. The van der Waals surface area contributed by atoms with Crippen molar-refractivity contribution in [2.75, 3.05) is 26.9 Å². The van der Waals surface area contributed by atoms with Crippen molar-refractivity contribution in [1.29, 1.82) is 0 Å². The number of carbonyl (C=O) groups excluding carboxylic acids is 1. The van der Waals surface area contributed by atoms with E-state index >= 15 is 0 Å². The van der Waals surface area contributed by atoms with Gasteiger partial charge in [-0.15, -0.1) is 10.2 Å². The van der Waals surface area contributed by atoms with E-state index < -0.39 is 0 Å². The number of benzene rings is 1. The van der Waals surface area contributed by atoms with Crippen LogP contribution in [0.5, 0.6) is 0 Å². The van der Waals surface area contributed by atoms with Crippen molar-refractivity contribution in [2.45, 2.75) is 20.5 Å². The first-order valence-corrected chi connectivity index (χ1v) is 7.88. The van der Waals surface area contributed by atoms with Gasteiger partial charge in [-0.05, 0) is 24.1 Å². The molecule has 0 bridgehead atoms. The molecule has 0 fully saturated rings. The minimum Gasteiger partial charge on any atom is -0.418 e. The molecule has 0 spiro atoms. The topological polar surface area (TPSA) is 86.5 Å². The Labute approximate surface area is 141 Å². The standard InChI is InChI=1S/C17H23N3O4/c1-12(2)10-23-8-7-18-16(21)13-5-4-6-14(9-13)17-20-19-15(24-17)11-22-3/h4-6,9,12H,7-8,10-11H2,1-3H3,(H,18,21). The third kappa shape index (κ3) is 5.43.